The van der Waals surface area contributed by atoms with Gasteiger partial charge in [0, 0.05) is 12.4 Å². The van der Waals surface area contributed by atoms with Gasteiger partial charge in [-0.1, -0.05) is 12.1 Å². The van der Waals surface area contributed by atoms with Crippen LogP contribution >= 0.6 is 0 Å². The lowest BCUT2D eigenvalue weighted by atomic mass is 10.1. The standard InChI is InChI=1S/C12H12N2O2/c1-8-4-3-5-10(9(8)2)16-12-11(15)13-6-7-14-12/h3-7H,1-2H3,(H,13,15). The topological polar surface area (TPSA) is 55.0 Å². The third-order valence-electron chi connectivity index (χ3n) is 2.44. The summed E-state index contributed by atoms with van der Waals surface area (Å²) in [5, 5.41) is 0. The summed E-state index contributed by atoms with van der Waals surface area (Å²) in [5.41, 5.74) is 1.79. The summed E-state index contributed by atoms with van der Waals surface area (Å²) in [6.45, 7) is 3.94. The van der Waals surface area contributed by atoms with E-state index < -0.39 is 0 Å². The van der Waals surface area contributed by atoms with Crippen LogP contribution in [0.5, 0.6) is 11.6 Å². The molecule has 1 N–H and O–H groups in total. The molecule has 2 aromatic rings. The van der Waals surface area contributed by atoms with Crippen LogP contribution in [0.25, 0.3) is 0 Å². The van der Waals surface area contributed by atoms with Crippen molar-refractivity contribution in [2.75, 3.05) is 0 Å². The van der Waals surface area contributed by atoms with Gasteiger partial charge in [0.2, 0.25) is 0 Å². The first-order valence-electron chi connectivity index (χ1n) is 4.96. The maximum absolute atomic E-state index is 11.4. The van der Waals surface area contributed by atoms with Crippen LogP contribution in [0, 0.1) is 13.8 Å². The molecule has 0 radical (unpaired) electrons. The summed E-state index contributed by atoms with van der Waals surface area (Å²) in [4.78, 5) is 17.8. The number of nitrogens with zero attached hydrogens (tertiary/aromatic N) is 1. The third kappa shape index (κ3) is 1.95. The molecule has 1 aromatic carbocycles. The van der Waals surface area contributed by atoms with Gasteiger partial charge < -0.3 is 9.72 Å². The van der Waals surface area contributed by atoms with Crippen molar-refractivity contribution in [2.24, 2.45) is 0 Å². The van der Waals surface area contributed by atoms with Gasteiger partial charge in [-0.15, -0.1) is 0 Å². The number of benzene rings is 1. The van der Waals surface area contributed by atoms with E-state index in [4.69, 9.17) is 4.74 Å². The Morgan fingerprint density at radius 3 is 2.88 bits per heavy atom. The second-order valence-corrected chi connectivity index (χ2v) is 3.52. The van der Waals surface area contributed by atoms with E-state index in [1.165, 1.54) is 12.4 Å². The first kappa shape index (κ1) is 10.4. The van der Waals surface area contributed by atoms with Crippen molar-refractivity contribution in [2.45, 2.75) is 13.8 Å². The Morgan fingerprint density at radius 1 is 1.31 bits per heavy atom. The number of aromatic amines is 1. The van der Waals surface area contributed by atoms with E-state index >= 15 is 0 Å². The van der Waals surface area contributed by atoms with Crippen LogP contribution in [0.3, 0.4) is 0 Å². The Kier molecular flexibility index (Phi) is 2.72. The van der Waals surface area contributed by atoms with Crippen molar-refractivity contribution in [3.63, 3.8) is 0 Å². The average molecular weight is 216 g/mol. The summed E-state index contributed by atoms with van der Waals surface area (Å²) in [6.07, 6.45) is 2.96. The number of aryl methyl sites for hydroxylation is 1. The molecule has 2 rings (SSSR count). The zero-order valence-corrected chi connectivity index (χ0v) is 9.15. The summed E-state index contributed by atoms with van der Waals surface area (Å²) in [7, 11) is 0. The van der Waals surface area contributed by atoms with E-state index in [2.05, 4.69) is 9.97 Å². The molecule has 0 saturated heterocycles. The molecule has 0 fully saturated rings. The number of hydrogen-bond acceptors (Lipinski definition) is 3. The maximum Gasteiger partial charge on any atom is 0.311 e. The van der Waals surface area contributed by atoms with Gasteiger partial charge in [-0.05, 0) is 31.0 Å². The van der Waals surface area contributed by atoms with E-state index in [9.17, 15) is 4.79 Å². The van der Waals surface area contributed by atoms with Crippen LogP contribution in [0.15, 0.2) is 35.4 Å². The molecule has 0 bridgehead atoms. The minimum Gasteiger partial charge on any atom is -0.434 e. The van der Waals surface area contributed by atoms with Gasteiger partial charge in [-0.2, -0.15) is 0 Å². The number of nitrogens with one attached hydrogen (secondary N) is 1. The minimum absolute atomic E-state index is 0.0659. The van der Waals surface area contributed by atoms with E-state index in [-0.39, 0.29) is 11.4 Å². The molecule has 0 amide bonds. The molecule has 1 aromatic heterocycles. The largest absolute Gasteiger partial charge is 0.434 e. The van der Waals surface area contributed by atoms with Gasteiger partial charge in [-0.25, -0.2) is 4.98 Å². The van der Waals surface area contributed by atoms with E-state index in [0.29, 0.717) is 5.75 Å². The Hall–Kier alpha value is -2.10. The van der Waals surface area contributed by atoms with Gasteiger partial charge in [0.05, 0.1) is 0 Å². The number of rotatable bonds is 2. The highest BCUT2D eigenvalue weighted by atomic mass is 16.5. The number of H-pyrrole nitrogens is 1. The van der Waals surface area contributed by atoms with E-state index in [0.717, 1.165) is 11.1 Å². The number of ether oxygens (including phenoxy) is 1. The van der Waals surface area contributed by atoms with Crippen molar-refractivity contribution in [3.8, 4) is 11.6 Å². The van der Waals surface area contributed by atoms with Gasteiger partial charge >= 0.3 is 5.56 Å². The highest BCUT2D eigenvalue weighted by Crippen LogP contribution is 2.23. The lowest BCUT2D eigenvalue weighted by Gasteiger charge is -2.08. The molecule has 0 aliphatic carbocycles. The van der Waals surface area contributed by atoms with Crippen LogP contribution < -0.4 is 10.3 Å². The molecule has 82 valence electrons. The zero-order valence-electron chi connectivity index (χ0n) is 9.15. The molecule has 0 saturated carbocycles. The highest BCUT2D eigenvalue weighted by molar-refractivity contribution is 5.39. The molecule has 16 heavy (non-hydrogen) atoms. The number of hydrogen-bond donors (Lipinski definition) is 1. The van der Waals surface area contributed by atoms with Crippen molar-refractivity contribution in [1.29, 1.82) is 0 Å². The molecule has 0 spiro atoms. The van der Waals surface area contributed by atoms with Crippen LogP contribution in [0.1, 0.15) is 11.1 Å². The first-order chi connectivity index (χ1) is 7.68. The minimum atomic E-state index is -0.330. The molecule has 0 aliphatic heterocycles. The Morgan fingerprint density at radius 2 is 2.12 bits per heavy atom. The Bertz CT molecular complexity index is 561. The molecule has 1 heterocycles. The van der Waals surface area contributed by atoms with E-state index in [1.807, 2.05) is 32.0 Å². The predicted octanol–water partition coefficient (Wildman–Crippen LogP) is 2.18. The van der Waals surface area contributed by atoms with Gasteiger partial charge in [0.15, 0.2) is 0 Å². The molecule has 0 atom stereocenters. The van der Waals surface area contributed by atoms with Crippen molar-refractivity contribution in [1.82, 2.24) is 9.97 Å². The van der Waals surface area contributed by atoms with Gasteiger partial charge in [0.1, 0.15) is 5.75 Å². The summed E-state index contributed by atoms with van der Waals surface area (Å²) >= 11 is 0. The van der Waals surface area contributed by atoms with Crippen LogP contribution in [-0.2, 0) is 0 Å². The predicted molar refractivity (Wildman–Crippen MR) is 60.8 cm³/mol. The SMILES string of the molecule is Cc1cccc(Oc2ncc[nH]c2=O)c1C. The van der Waals surface area contributed by atoms with Crippen molar-refractivity contribution < 1.29 is 4.74 Å². The van der Waals surface area contributed by atoms with Gasteiger partial charge in [-0.3, -0.25) is 4.79 Å². The van der Waals surface area contributed by atoms with E-state index in [1.54, 1.807) is 0 Å². The molecule has 0 aliphatic rings. The molecule has 0 unspecified atom stereocenters. The summed E-state index contributed by atoms with van der Waals surface area (Å²) in [6, 6.07) is 5.69. The first-order valence-corrected chi connectivity index (χ1v) is 4.96. The van der Waals surface area contributed by atoms with Gasteiger partial charge in [0.25, 0.3) is 5.88 Å². The second-order valence-electron chi connectivity index (χ2n) is 3.52. The quantitative estimate of drug-likeness (QED) is 0.837. The lowest BCUT2D eigenvalue weighted by Crippen LogP contribution is -2.09. The van der Waals surface area contributed by atoms with Crippen LogP contribution in [-0.4, -0.2) is 9.97 Å². The monoisotopic (exact) mass is 216 g/mol. The molecule has 4 nitrogen and oxygen atoms in total. The Balaban J connectivity index is 2.38. The summed E-state index contributed by atoms with van der Waals surface area (Å²) in [5.74, 6) is 0.723. The number of aromatic nitrogens is 2. The lowest BCUT2D eigenvalue weighted by molar-refractivity contribution is 0.450. The molecule has 4 heteroatoms. The third-order valence-corrected chi connectivity index (χ3v) is 2.44. The van der Waals surface area contributed by atoms with Crippen molar-refractivity contribution in [3.05, 3.63) is 52.1 Å². The maximum atomic E-state index is 11.4. The fourth-order valence-electron chi connectivity index (χ4n) is 1.35. The smallest absolute Gasteiger partial charge is 0.311 e. The van der Waals surface area contributed by atoms with Crippen LogP contribution in [0.2, 0.25) is 0 Å². The molecular weight excluding hydrogens is 204 g/mol. The average Bonchev–Trinajstić information content (AvgIpc) is 2.28. The highest BCUT2D eigenvalue weighted by Gasteiger charge is 2.06. The van der Waals surface area contributed by atoms with Crippen LogP contribution in [0.4, 0.5) is 0 Å². The normalized spacial score (nSPS) is 10.1. The summed E-state index contributed by atoms with van der Waals surface area (Å²) < 4.78 is 5.47. The molecular formula is C12H12N2O2. The fourth-order valence-corrected chi connectivity index (χ4v) is 1.35. The second kappa shape index (κ2) is 4.18. The zero-order chi connectivity index (χ0) is 11.5. The Labute approximate surface area is 92.9 Å². The fraction of sp³-hybridized carbons (Fsp3) is 0.167. The van der Waals surface area contributed by atoms with Crippen molar-refractivity contribution >= 4 is 0 Å².